The highest BCUT2D eigenvalue weighted by Crippen LogP contribution is 2.32. The molecule has 2 aromatic carbocycles. The Labute approximate surface area is 167 Å². The fraction of sp³-hybridized carbons (Fsp3) is 0.200. The van der Waals surface area contributed by atoms with Crippen LogP contribution >= 0.6 is 23.3 Å². The summed E-state index contributed by atoms with van der Waals surface area (Å²) < 4.78 is 16.1. The van der Waals surface area contributed by atoms with E-state index in [1.54, 1.807) is 24.1 Å². The molecule has 142 valence electrons. The maximum atomic E-state index is 13.2. The van der Waals surface area contributed by atoms with E-state index in [0.717, 1.165) is 27.5 Å². The summed E-state index contributed by atoms with van der Waals surface area (Å²) in [5.41, 5.74) is 2.39. The van der Waals surface area contributed by atoms with E-state index in [1.807, 2.05) is 55.5 Å². The molecule has 0 aliphatic heterocycles. The second-order valence-electron chi connectivity index (χ2n) is 5.51. The number of carbonyl (C=O) groups excluding carboxylic acids is 1. The van der Waals surface area contributed by atoms with Crippen molar-refractivity contribution in [1.82, 2.24) is 9.71 Å². The van der Waals surface area contributed by atoms with Gasteiger partial charge < -0.3 is 4.90 Å². The summed E-state index contributed by atoms with van der Waals surface area (Å²) in [5, 5.41) is 0.722. The Morgan fingerprint density at radius 2 is 1.81 bits per heavy atom. The Morgan fingerprint density at radius 3 is 2.33 bits per heavy atom. The summed E-state index contributed by atoms with van der Waals surface area (Å²) in [6.45, 7) is 2.47. The molecule has 7 heteroatoms. The Bertz CT molecular complexity index is 836. The second kappa shape index (κ2) is 10.8. The molecule has 3 aromatic rings. The molecular weight excluding hydrogens is 381 g/mol. The monoisotopic (exact) mass is 403 g/mol. The number of aromatic nitrogens is 1. The number of rotatable bonds is 6. The zero-order chi connectivity index (χ0) is 19.6. The average molecular weight is 404 g/mol. The number of halogens is 1. The highest BCUT2D eigenvalue weighted by Gasteiger charge is 2.16. The number of anilines is 2. The molecule has 1 N–H and O–H groups in total. The number of hydrogen-bond donors (Lipinski definition) is 1. The van der Waals surface area contributed by atoms with Gasteiger partial charge in [0.05, 0.1) is 6.54 Å². The van der Waals surface area contributed by atoms with E-state index in [2.05, 4.69) is 9.71 Å². The van der Waals surface area contributed by atoms with Gasteiger partial charge in [-0.3, -0.25) is 9.52 Å². The van der Waals surface area contributed by atoms with Crippen molar-refractivity contribution in [1.29, 1.82) is 0 Å². The summed E-state index contributed by atoms with van der Waals surface area (Å²) >= 11 is 3.06. The van der Waals surface area contributed by atoms with Gasteiger partial charge in [-0.15, -0.1) is 11.3 Å². The first-order valence-corrected chi connectivity index (χ1v) is 10.3. The summed E-state index contributed by atoms with van der Waals surface area (Å²) in [5.74, 6) is -0.280. The van der Waals surface area contributed by atoms with E-state index < -0.39 is 0 Å². The predicted octanol–water partition coefficient (Wildman–Crippen LogP) is 5.23. The van der Waals surface area contributed by atoms with Crippen LogP contribution in [0.5, 0.6) is 0 Å². The molecule has 0 unspecified atom stereocenters. The first kappa shape index (κ1) is 21.1. The third-order valence-corrected chi connectivity index (χ3v) is 5.11. The van der Waals surface area contributed by atoms with Crippen LogP contribution in [0.25, 0.3) is 0 Å². The SMILES string of the molecule is CNSC.Cc1sc(N(Cc2ccccc2)c2ccc(F)cc2)nc1C=O. The summed E-state index contributed by atoms with van der Waals surface area (Å²) in [6.07, 6.45) is 2.75. The van der Waals surface area contributed by atoms with Crippen LogP contribution in [0, 0.1) is 12.7 Å². The van der Waals surface area contributed by atoms with E-state index in [1.165, 1.54) is 23.5 Å². The minimum absolute atomic E-state index is 0.280. The van der Waals surface area contributed by atoms with Crippen LogP contribution in [0.1, 0.15) is 20.9 Å². The number of nitrogens with zero attached hydrogens (tertiary/aromatic N) is 2. The van der Waals surface area contributed by atoms with Crippen molar-refractivity contribution in [3.05, 3.63) is 76.5 Å². The largest absolute Gasteiger partial charge is 0.313 e. The Balaban J connectivity index is 0.000000596. The quantitative estimate of drug-likeness (QED) is 0.451. The maximum Gasteiger partial charge on any atom is 0.191 e. The van der Waals surface area contributed by atoms with Gasteiger partial charge in [-0.2, -0.15) is 0 Å². The number of thiazole rings is 1. The van der Waals surface area contributed by atoms with E-state index in [0.29, 0.717) is 12.2 Å². The van der Waals surface area contributed by atoms with Gasteiger partial charge in [0.15, 0.2) is 11.4 Å². The topological polar surface area (TPSA) is 45.2 Å². The molecule has 0 aliphatic rings. The number of aryl methyl sites for hydroxylation is 1. The zero-order valence-electron chi connectivity index (χ0n) is 15.5. The second-order valence-corrected chi connectivity index (χ2v) is 7.51. The van der Waals surface area contributed by atoms with Crippen LogP contribution in [0.15, 0.2) is 54.6 Å². The normalized spacial score (nSPS) is 10.1. The Hall–Kier alpha value is -2.22. The highest BCUT2D eigenvalue weighted by molar-refractivity contribution is 7.96. The van der Waals surface area contributed by atoms with Crippen molar-refractivity contribution in [3.63, 3.8) is 0 Å². The van der Waals surface area contributed by atoms with Gasteiger partial charge in [0.25, 0.3) is 0 Å². The number of benzene rings is 2. The van der Waals surface area contributed by atoms with Crippen LogP contribution in [0.2, 0.25) is 0 Å². The zero-order valence-corrected chi connectivity index (χ0v) is 17.1. The van der Waals surface area contributed by atoms with Gasteiger partial charge in [-0.1, -0.05) is 42.3 Å². The minimum atomic E-state index is -0.280. The predicted molar refractivity (Wildman–Crippen MR) is 113 cm³/mol. The van der Waals surface area contributed by atoms with Crippen LogP contribution in [0.3, 0.4) is 0 Å². The number of carbonyl (C=O) groups is 1. The lowest BCUT2D eigenvalue weighted by Gasteiger charge is -2.22. The molecule has 0 fully saturated rings. The standard InChI is InChI=1S/C18H15FN2OS.C2H7NS/c1-13-17(12-22)20-18(23-13)21(11-14-5-3-2-4-6-14)16-9-7-15(19)8-10-16;1-3-4-2/h2-10,12H,11H2,1H3;3H,1-2H3. The van der Waals surface area contributed by atoms with Gasteiger partial charge in [0.2, 0.25) is 0 Å². The molecular formula is C20H22FN3OS2. The summed E-state index contributed by atoms with van der Waals surface area (Å²) in [4.78, 5) is 18.3. The lowest BCUT2D eigenvalue weighted by Crippen LogP contribution is -2.16. The molecule has 0 amide bonds. The molecule has 0 aliphatic carbocycles. The van der Waals surface area contributed by atoms with Crippen molar-refractivity contribution < 1.29 is 9.18 Å². The lowest BCUT2D eigenvalue weighted by atomic mass is 10.2. The van der Waals surface area contributed by atoms with Gasteiger partial charge in [-0.25, -0.2) is 9.37 Å². The van der Waals surface area contributed by atoms with Crippen LogP contribution in [0.4, 0.5) is 15.2 Å². The third-order valence-electron chi connectivity index (χ3n) is 3.69. The molecule has 0 saturated heterocycles. The van der Waals surface area contributed by atoms with E-state index >= 15 is 0 Å². The van der Waals surface area contributed by atoms with E-state index in [4.69, 9.17) is 0 Å². The smallest absolute Gasteiger partial charge is 0.191 e. The van der Waals surface area contributed by atoms with Gasteiger partial charge in [0.1, 0.15) is 11.5 Å². The molecule has 0 saturated carbocycles. The Morgan fingerprint density at radius 1 is 1.19 bits per heavy atom. The molecule has 1 aromatic heterocycles. The van der Waals surface area contributed by atoms with Crippen molar-refractivity contribution in [2.75, 3.05) is 18.2 Å². The number of aldehydes is 1. The van der Waals surface area contributed by atoms with Gasteiger partial charge in [-0.05, 0) is 50.1 Å². The molecule has 4 nitrogen and oxygen atoms in total. The molecule has 3 rings (SSSR count). The molecule has 0 radical (unpaired) electrons. The summed E-state index contributed by atoms with van der Waals surface area (Å²) in [6, 6.07) is 16.2. The molecule has 0 spiro atoms. The first-order valence-electron chi connectivity index (χ1n) is 8.28. The lowest BCUT2D eigenvalue weighted by molar-refractivity contribution is 0.111. The summed E-state index contributed by atoms with van der Waals surface area (Å²) in [7, 11) is 1.89. The van der Waals surface area contributed by atoms with Crippen molar-refractivity contribution in [2.24, 2.45) is 0 Å². The molecule has 27 heavy (non-hydrogen) atoms. The maximum absolute atomic E-state index is 13.2. The van der Waals surface area contributed by atoms with E-state index in [9.17, 15) is 9.18 Å². The van der Waals surface area contributed by atoms with Gasteiger partial charge in [0, 0.05) is 10.6 Å². The van der Waals surface area contributed by atoms with Gasteiger partial charge >= 0.3 is 0 Å². The van der Waals surface area contributed by atoms with Crippen molar-refractivity contribution in [2.45, 2.75) is 13.5 Å². The fourth-order valence-electron chi connectivity index (χ4n) is 2.27. The first-order chi connectivity index (χ1) is 13.1. The number of nitrogens with one attached hydrogen (secondary N) is 1. The molecule has 1 heterocycles. The average Bonchev–Trinajstić information content (AvgIpc) is 3.08. The van der Waals surface area contributed by atoms with Crippen molar-refractivity contribution >= 4 is 40.4 Å². The van der Waals surface area contributed by atoms with E-state index in [-0.39, 0.29) is 5.82 Å². The van der Waals surface area contributed by atoms with Crippen molar-refractivity contribution in [3.8, 4) is 0 Å². The minimum Gasteiger partial charge on any atom is -0.313 e. The molecule has 0 atom stereocenters. The number of hydrogen-bond acceptors (Lipinski definition) is 6. The molecule has 0 bridgehead atoms. The highest BCUT2D eigenvalue weighted by atomic mass is 32.2. The third kappa shape index (κ3) is 6.16. The van der Waals surface area contributed by atoms with Crippen LogP contribution < -0.4 is 9.62 Å². The van der Waals surface area contributed by atoms with Crippen LogP contribution in [-0.4, -0.2) is 24.6 Å². The fourth-order valence-corrected chi connectivity index (χ4v) is 3.17. The Kier molecular flexibility index (Phi) is 8.44. The van der Waals surface area contributed by atoms with Crippen LogP contribution in [-0.2, 0) is 6.54 Å².